The van der Waals surface area contributed by atoms with Gasteiger partial charge in [0.15, 0.2) is 0 Å². The van der Waals surface area contributed by atoms with Crippen LogP contribution >= 0.6 is 0 Å². The molecule has 2 heterocycles. The van der Waals surface area contributed by atoms with Crippen molar-refractivity contribution in [3.63, 3.8) is 0 Å². The molecule has 1 aromatic carbocycles. The number of sulfonamides is 1. The lowest BCUT2D eigenvalue weighted by atomic mass is 10.3. The number of ether oxygens (including phenoxy) is 1. The molecule has 0 atom stereocenters. The van der Waals surface area contributed by atoms with Gasteiger partial charge in [-0.1, -0.05) is 0 Å². The smallest absolute Gasteiger partial charge is 0.409 e. The predicted molar refractivity (Wildman–Crippen MR) is 86.3 cm³/mol. The summed E-state index contributed by atoms with van der Waals surface area (Å²) in [6, 6.07) is 4.45. The standard InChI is InChI=1S/C14H18N4O5S/c1-23-14(20)17-5-2-6-18(8-7-17)24(21,22)10-3-4-11-12(9-10)16-13(19)15-11/h3-4,9H,2,5-8H2,1H3,(H2,15,16,19). The zero-order chi connectivity index (χ0) is 17.3. The summed E-state index contributed by atoms with van der Waals surface area (Å²) in [7, 11) is -2.40. The maximum Gasteiger partial charge on any atom is 0.409 e. The predicted octanol–water partition coefficient (Wildman–Crippen LogP) is 0.319. The van der Waals surface area contributed by atoms with Crippen LogP contribution in [0.4, 0.5) is 4.79 Å². The molecule has 1 aliphatic rings. The number of aromatic amines is 2. The summed E-state index contributed by atoms with van der Waals surface area (Å²) in [6.07, 6.45) is 0.0675. The second kappa shape index (κ2) is 6.29. The molecule has 0 radical (unpaired) electrons. The maximum atomic E-state index is 12.8. The van der Waals surface area contributed by atoms with Gasteiger partial charge in [-0.2, -0.15) is 4.31 Å². The Morgan fingerprint density at radius 3 is 2.62 bits per heavy atom. The number of aromatic nitrogens is 2. The van der Waals surface area contributed by atoms with Crippen LogP contribution in [-0.2, 0) is 14.8 Å². The lowest BCUT2D eigenvalue weighted by Crippen LogP contribution is -2.37. The highest BCUT2D eigenvalue weighted by atomic mass is 32.2. The first kappa shape index (κ1) is 16.5. The number of carbonyl (C=O) groups excluding carboxylic acids is 1. The Hall–Kier alpha value is -2.33. The quantitative estimate of drug-likeness (QED) is 0.806. The third-order valence-electron chi connectivity index (χ3n) is 4.01. The molecule has 130 valence electrons. The number of rotatable bonds is 2. The number of nitrogens with one attached hydrogen (secondary N) is 2. The molecule has 0 unspecified atom stereocenters. The van der Waals surface area contributed by atoms with Crippen molar-refractivity contribution in [2.75, 3.05) is 33.3 Å². The lowest BCUT2D eigenvalue weighted by Gasteiger charge is -2.21. The molecular formula is C14H18N4O5S. The molecular weight excluding hydrogens is 336 g/mol. The molecule has 3 rings (SSSR count). The maximum absolute atomic E-state index is 12.8. The first-order valence-electron chi connectivity index (χ1n) is 7.47. The van der Waals surface area contributed by atoms with Gasteiger partial charge in [0.1, 0.15) is 0 Å². The van der Waals surface area contributed by atoms with Crippen molar-refractivity contribution in [1.82, 2.24) is 19.2 Å². The van der Waals surface area contributed by atoms with Gasteiger partial charge in [-0.3, -0.25) is 0 Å². The van der Waals surface area contributed by atoms with Crippen molar-refractivity contribution in [3.05, 3.63) is 28.7 Å². The molecule has 1 aliphatic heterocycles. The first-order chi connectivity index (χ1) is 11.4. The number of carbonyl (C=O) groups is 1. The van der Waals surface area contributed by atoms with E-state index in [0.29, 0.717) is 30.5 Å². The van der Waals surface area contributed by atoms with E-state index in [1.54, 1.807) is 6.07 Å². The van der Waals surface area contributed by atoms with Crippen LogP contribution < -0.4 is 5.69 Å². The van der Waals surface area contributed by atoms with E-state index in [1.807, 2.05) is 0 Å². The largest absolute Gasteiger partial charge is 0.453 e. The summed E-state index contributed by atoms with van der Waals surface area (Å²) in [4.78, 5) is 29.6. The Morgan fingerprint density at radius 2 is 1.88 bits per heavy atom. The van der Waals surface area contributed by atoms with Crippen molar-refractivity contribution in [3.8, 4) is 0 Å². The number of fused-ring (bicyclic) bond motifs is 1. The average Bonchev–Trinajstić information content (AvgIpc) is 2.77. The van der Waals surface area contributed by atoms with Gasteiger partial charge in [-0.15, -0.1) is 0 Å². The molecule has 1 amide bonds. The Morgan fingerprint density at radius 1 is 1.12 bits per heavy atom. The van der Waals surface area contributed by atoms with Gasteiger partial charge in [-0.05, 0) is 24.6 Å². The molecule has 2 aromatic rings. The molecule has 1 fully saturated rings. The van der Waals surface area contributed by atoms with Crippen LogP contribution in [0.5, 0.6) is 0 Å². The lowest BCUT2D eigenvalue weighted by molar-refractivity contribution is 0.126. The van der Waals surface area contributed by atoms with E-state index in [0.717, 1.165) is 0 Å². The zero-order valence-electron chi connectivity index (χ0n) is 13.1. The molecule has 0 aliphatic carbocycles. The van der Waals surface area contributed by atoms with Crippen LogP contribution in [-0.4, -0.2) is 67.0 Å². The van der Waals surface area contributed by atoms with Gasteiger partial charge in [-0.25, -0.2) is 18.0 Å². The molecule has 2 N–H and O–H groups in total. The third kappa shape index (κ3) is 3.02. The number of amides is 1. The van der Waals surface area contributed by atoms with Gasteiger partial charge < -0.3 is 19.6 Å². The molecule has 10 heteroatoms. The first-order valence-corrected chi connectivity index (χ1v) is 8.91. The fourth-order valence-electron chi connectivity index (χ4n) is 2.77. The van der Waals surface area contributed by atoms with Crippen LogP contribution in [0.1, 0.15) is 6.42 Å². The highest BCUT2D eigenvalue weighted by molar-refractivity contribution is 7.89. The summed E-state index contributed by atoms with van der Waals surface area (Å²) < 4.78 is 31.7. The Balaban J connectivity index is 1.86. The summed E-state index contributed by atoms with van der Waals surface area (Å²) in [5.41, 5.74) is 0.599. The molecule has 1 aromatic heterocycles. The van der Waals surface area contributed by atoms with E-state index in [1.165, 1.54) is 28.4 Å². The highest BCUT2D eigenvalue weighted by Gasteiger charge is 2.28. The highest BCUT2D eigenvalue weighted by Crippen LogP contribution is 2.20. The van der Waals surface area contributed by atoms with Gasteiger partial charge in [0, 0.05) is 26.2 Å². The SMILES string of the molecule is COC(=O)N1CCCN(S(=O)(=O)c2ccc3[nH]c(=O)[nH]c3c2)CC1. The van der Waals surface area contributed by atoms with E-state index >= 15 is 0 Å². The summed E-state index contributed by atoms with van der Waals surface area (Å²) in [5.74, 6) is 0. The molecule has 0 spiro atoms. The average molecular weight is 354 g/mol. The molecule has 0 saturated carbocycles. The fraction of sp³-hybridized carbons (Fsp3) is 0.429. The molecule has 1 saturated heterocycles. The van der Waals surface area contributed by atoms with E-state index in [4.69, 9.17) is 0 Å². The minimum atomic E-state index is -3.70. The molecule has 9 nitrogen and oxygen atoms in total. The topological polar surface area (TPSA) is 116 Å². The minimum Gasteiger partial charge on any atom is -0.453 e. The van der Waals surface area contributed by atoms with Gasteiger partial charge >= 0.3 is 11.8 Å². The number of hydrogen-bond donors (Lipinski definition) is 2. The van der Waals surface area contributed by atoms with Crippen molar-refractivity contribution in [1.29, 1.82) is 0 Å². The Kier molecular flexibility index (Phi) is 4.33. The zero-order valence-corrected chi connectivity index (χ0v) is 13.9. The Bertz CT molecular complexity index is 917. The molecule has 0 bridgehead atoms. The summed E-state index contributed by atoms with van der Waals surface area (Å²) >= 11 is 0. The van der Waals surface area contributed by atoms with Crippen molar-refractivity contribution in [2.45, 2.75) is 11.3 Å². The van der Waals surface area contributed by atoms with Crippen LogP contribution in [0.3, 0.4) is 0 Å². The fourth-order valence-corrected chi connectivity index (χ4v) is 4.26. The van der Waals surface area contributed by atoms with Crippen LogP contribution in [0.25, 0.3) is 11.0 Å². The van der Waals surface area contributed by atoms with E-state index in [9.17, 15) is 18.0 Å². The van der Waals surface area contributed by atoms with Gasteiger partial charge in [0.05, 0.1) is 23.0 Å². The number of methoxy groups -OCH3 is 1. The number of imidazole rings is 1. The minimum absolute atomic E-state index is 0.108. The number of hydrogen-bond acceptors (Lipinski definition) is 5. The second-order valence-electron chi connectivity index (χ2n) is 5.50. The normalized spacial score (nSPS) is 17.0. The van der Waals surface area contributed by atoms with E-state index in [-0.39, 0.29) is 23.7 Å². The number of benzene rings is 1. The van der Waals surface area contributed by atoms with E-state index in [2.05, 4.69) is 14.7 Å². The monoisotopic (exact) mass is 354 g/mol. The number of nitrogens with zero attached hydrogens (tertiary/aromatic N) is 2. The van der Waals surface area contributed by atoms with E-state index < -0.39 is 16.1 Å². The van der Waals surface area contributed by atoms with Crippen molar-refractivity contribution >= 4 is 27.1 Å². The Labute approximate surface area is 138 Å². The van der Waals surface area contributed by atoms with Crippen LogP contribution in [0.2, 0.25) is 0 Å². The molecule has 24 heavy (non-hydrogen) atoms. The van der Waals surface area contributed by atoms with Crippen LogP contribution in [0.15, 0.2) is 27.9 Å². The van der Waals surface area contributed by atoms with Gasteiger partial charge in [0.25, 0.3) is 0 Å². The van der Waals surface area contributed by atoms with Gasteiger partial charge in [0.2, 0.25) is 10.0 Å². The number of H-pyrrole nitrogens is 2. The van der Waals surface area contributed by atoms with Crippen molar-refractivity contribution < 1.29 is 17.9 Å². The summed E-state index contributed by atoms with van der Waals surface area (Å²) in [5, 5.41) is 0. The third-order valence-corrected chi connectivity index (χ3v) is 5.91. The van der Waals surface area contributed by atoms with Crippen LogP contribution in [0, 0.1) is 0 Å². The van der Waals surface area contributed by atoms with Crippen molar-refractivity contribution in [2.24, 2.45) is 0 Å². The summed E-state index contributed by atoms with van der Waals surface area (Å²) in [6.45, 7) is 1.23. The second-order valence-corrected chi connectivity index (χ2v) is 7.44.